The molecule has 3 N–H and O–H groups in total. The lowest BCUT2D eigenvalue weighted by atomic mass is 9.76. The Balaban J connectivity index is 1.60. The zero-order chi connectivity index (χ0) is 20.9. The molecule has 2 aliphatic carbocycles. The van der Waals surface area contributed by atoms with Crippen LogP contribution in [0.1, 0.15) is 29.5 Å². The fourth-order valence-electron chi connectivity index (χ4n) is 5.29. The SMILES string of the molecule is COC1C(=O)Nc2ccc(/C=C/C3CC4C=CC3C4)c(O)c2C1(O)c1ccccc1. The smallest absolute Gasteiger partial charge is 0.257 e. The Morgan fingerprint density at radius 2 is 1.93 bits per heavy atom. The molecule has 2 bridgehead atoms. The number of methoxy groups -OCH3 is 1. The fourth-order valence-corrected chi connectivity index (χ4v) is 5.29. The van der Waals surface area contributed by atoms with Gasteiger partial charge in [-0.3, -0.25) is 4.79 Å². The van der Waals surface area contributed by atoms with Gasteiger partial charge in [0.05, 0.1) is 11.3 Å². The average Bonchev–Trinajstić information content (AvgIpc) is 3.37. The van der Waals surface area contributed by atoms with E-state index in [1.54, 1.807) is 36.4 Å². The second kappa shape index (κ2) is 7.11. The molecule has 1 heterocycles. The number of phenols is 1. The zero-order valence-corrected chi connectivity index (χ0v) is 16.8. The molecule has 30 heavy (non-hydrogen) atoms. The van der Waals surface area contributed by atoms with Crippen LogP contribution in [0.25, 0.3) is 6.08 Å². The van der Waals surface area contributed by atoms with Gasteiger partial charge in [-0.15, -0.1) is 0 Å². The van der Waals surface area contributed by atoms with E-state index in [0.29, 0.717) is 34.6 Å². The molecule has 5 atom stereocenters. The van der Waals surface area contributed by atoms with Crippen LogP contribution in [0.2, 0.25) is 0 Å². The number of anilines is 1. The van der Waals surface area contributed by atoms with Gasteiger partial charge in [-0.25, -0.2) is 0 Å². The number of aromatic hydroxyl groups is 1. The number of hydrogen-bond donors (Lipinski definition) is 3. The number of nitrogens with one attached hydrogen (secondary N) is 1. The van der Waals surface area contributed by atoms with Crippen LogP contribution in [0, 0.1) is 17.8 Å². The first-order valence-electron chi connectivity index (χ1n) is 10.4. The highest BCUT2D eigenvalue weighted by Gasteiger charge is 2.51. The van der Waals surface area contributed by atoms with Crippen molar-refractivity contribution in [3.63, 3.8) is 0 Å². The highest BCUT2D eigenvalue weighted by Crippen LogP contribution is 2.48. The Labute approximate surface area is 175 Å². The molecule has 5 rings (SSSR count). The van der Waals surface area contributed by atoms with Gasteiger partial charge in [-0.05, 0) is 48.3 Å². The number of phenolic OH excluding ortho intramolecular Hbond substituents is 1. The maximum absolute atomic E-state index is 12.6. The molecule has 1 saturated carbocycles. The minimum atomic E-state index is -1.81. The van der Waals surface area contributed by atoms with Gasteiger partial charge in [0.1, 0.15) is 5.75 Å². The third-order valence-corrected chi connectivity index (χ3v) is 6.77. The summed E-state index contributed by atoms with van der Waals surface area (Å²) in [6.07, 6.45) is 9.85. The topological polar surface area (TPSA) is 78.8 Å². The maximum atomic E-state index is 12.6. The third-order valence-electron chi connectivity index (χ3n) is 6.77. The summed E-state index contributed by atoms with van der Waals surface area (Å²) in [5.74, 6) is 1.21. The average molecular weight is 403 g/mol. The van der Waals surface area contributed by atoms with Gasteiger partial charge < -0.3 is 20.3 Å². The van der Waals surface area contributed by atoms with Crippen LogP contribution in [0.5, 0.6) is 5.75 Å². The van der Waals surface area contributed by atoms with E-state index in [4.69, 9.17) is 4.74 Å². The first kappa shape index (κ1) is 19.1. The Morgan fingerprint density at radius 3 is 2.60 bits per heavy atom. The van der Waals surface area contributed by atoms with E-state index in [2.05, 4.69) is 23.5 Å². The minimum Gasteiger partial charge on any atom is -0.507 e. The fraction of sp³-hybridized carbons (Fsp3) is 0.320. The van der Waals surface area contributed by atoms with Crippen molar-refractivity contribution in [1.29, 1.82) is 0 Å². The molecule has 5 unspecified atom stereocenters. The molecule has 2 aromatic rings. The van der Waals surface area contributed by atoms with Crippen molar-refractivity contribution in [2.24, 2.45) is 17.8 Å². The van der Waals surface area contributed by atoms with Gasteiger partial charge in [0.2, 0.25) is 0 Å². The number of hydrogen-bond acceptors (Lipinski definition) is 4. The zero-order valence-electron chi connectivity index (χ0n) is 16.8. The molecule has 0 radical (unpaired) electrons. The Kier molecular flexibility index (Phi) is 4.53. The number of rotatable bonds is 4. The van der Waals surface area contributed by atoms with Crippen LogP contribution in [0.15, 0.2) is 60.7 Å². The standard InChI is InChI=1S/C25H25NO4/c1-30-23-24(28)26-20-12-11-16(9-10-18-14-15-7-8-17(18)13-15)22(27)21(20)25(23,29)19-5-3-2-4-6-19/h2-12,15,17-18,23,27,29H,13-14H2,1H3,(H,26,28)/b10-9+. The molecule has 0 aromatic heterocycles. The van der Waals surface area contributed by atoms with Crippen molar-refractivity contribution in [3.05, 3.63) is 77.4 Å². The van der Waals surface area contributed by atoms with Crippen LogP contribution in [-0.4, -0.2) is 29.3 Å². The molecule has 5 nitrogen and oxygen atoms in total. The van der Waals surface area contributed by atoms with Crippen molar-refractivity contribution in [2.45, 2.75) is 24.5 Å². The molecule has 3 aliphatic rings. The van der Waals surface area contributed by atoms with Crippen molar-refractivity contribution >= 4 is 17.7 Å². The molecular formula is C25H25NO4. The van der Waals surface area contributed by atoms with E-state index in [-0.39, 0.29) is 11.3 Å². The lowest BCUT2D eigenvalue weighted by molar-refractivity contribution is -0.142. The maximum Gasteiger partial charge on any atom is 0.257 e. The van der Waals surface area contributed by atoms with Gasteiger partial charge in [-0.1, -0.05) is 54.6 Å². The number of benzene rings is 2. The minimum absolute atomic E-state index is 0.0455. The summed E-state index contributed by atoms with van der Waals surface area (Å²) in [6, 6.07) is 12.4. The molecule has 1 amide bonds. The molecule has 0 spiro atoms. The number of fused-ring (bicyclic) bond motifs is 3. The van der Waals surface area contributed by atoms with Gasteiger partial charge in [0.15, 0.2) is 11.7 Å². The Bertz CT molecular complexity index is 1040. The van der Waals surface area contributed by atoms with Gasteiger partial charge in [-0.2, -0.15) is 0 Å². The Morgan fingerprint density at radius 1 is 1.13 bits per heavy atom. The monoisotopic (exact) mass is 403 g/mol. The van der Waals surface area contributed by atoms with E-state index in [1.165, 1.54) is 13.5 Å². The van der Waals surface area contributed by atoms with Crippen molar-refractivity contribution in [2.75, 3.05) is 12.4 Å². The quantitative estimate of drug-likeness (QED) is 0.678. The normalized spacial score (nSPS) is 31.9. The molecule has 2 aromatic carbocycles. The Hall–Kier alpha value is -2.89. The van der Waals surface area contributed by atoms with Crippen LogP contribution in [0.4, 0.5) is 5.69 Å². The summed E-state index contributed by atoms with van der Waals surface area (Å²) in [6.45, 7) is 0. The molecule has 0 saturated heterocycles. The van der Waals surface area contributed by atoms with Crippen LogP contribution >= 0.6 is 0 Å². The van der Waals surface area contributed by atoms with Crippen LogP contribution in [-0.2, 0) is 15.1 Å². The lowest BCUT2D eigenvalue weighted by Gasteiger charge is -2.40. The van der Waals surface area contributed by atoms with Gasteiger partial charge >= 0.3 is 0 Å². The molecule has 5 heteroatoms. The second-order valence-electron chi connectivity index (χ2n) is 8.47. The third kappa shape index (κ3) is 2.81. The molecule has 1 aliphatic heterocycles. The number of allylic oxidation sites excluding steroid dienone is 3. The van der Waals surface area contributed by atoms with E-state index in [0.717, 1.165) is 6.42 Å². The predicted octanol–water partition coefficient (Wildman–Crippen LogP) is 3.82. The van der Waals surface area contributed by atoms with E-state index < -0.39 is 17.6 Å². The number of carbonyl (C=O) groups excluding carboxylic acids is 1. The van der Waals surface area contributed by atoms with E-state index in [1.807, 2.05) is 12.1 Å². The largest absolute Gasteiger partial charge is 0.507 e. The number of ether oxygens (including phenoxy) is 1. The van der Waals surface area contributed by atoms with Gasteiger partial charge in [0.25, 0.3) is 5.91 Å². The predicted molar refractivity (Wildman–Crippen MR) is 115 cm³/mol. The summed E-state index contributed by atoms with van der Waals surface area (Å²) in [4.78, 5) is 12.6. The summed E-state index contributed by atoms with van der Waals surface area (Å²) >= 11 is 0. The first-order chi connectivity index (χ1) is 14.5. The van der Waals surface area contributed by atoms with E-state index in [9.17, 15) is 15.0 Å². The summed E-state index contributed by atoms with van der Waals surface area (Å²) < 4.78 is 5.40. The van der Waals surface area contributed by atoms with E-state index >= 15 is 0 Å². The number of carbonyl (C=O) groups is 1. The van der Waals surface area contributed by atoms with Crippen LogP contribution in [0.3, 0.4) is 0 Å². The summed E-state index contributed by atoms with van der Waals surface area (Å²) in [7, 11) is 1.38. The highest BCUT2D eigenvalue weighted by molar-refractivity contribution is 6.00. The van der Waals surface area contributed by atoms with Gasteiger partial charge in [0, 0.05) is 12.7 Å². The summed E-state index contributed by atoms with van der Waals surface area (Å²) in [5, 5.41) is 25.8. The summed E-state index contributed by atoms with van der Waals surface area (Å²) in [5.41, 5.74) is -0.0627. The molecular weight excluding hydrogens is 378 g/mol. The molecule has 1 fully saturated rings. The first-order valence-corrected chi connectivity index (χ1v) is 10.4. The van der Waals surface area contributed by atoms with Crippen molar-refractivity contribution < 1.29 is 19.7 Å². The second-order valence-corrected chi connectivity index (χ2v) is 8.47. The number of aliphatic hydroxyl groups is 1. The molecule has 154 valence electrons. The number of amides is 1. The van der Waals surface area contributed by atoms with Crippen molar-refractivity contribution in [1.82, 2.24) is 0 Å². The van der Waals surface area contributed by atoms with Crippen molar-refractivity contribution in [3.8, 4) is 5.75 Å². The van der Waals surface area contributed by atoms with Crippen LogP contribution < -0.4 is 5.32 Å². The highest BCUT2D eigenvalue weighted by atomic mass is 16.5. The lowest BCUT2D eigenvalue weighted by Crippen LogP contribution is -2.52.